The van der Waals surface area contributed by atoms with Crippen molar-refractivity contribution in [3.63, 3.8) is 0 Å². The Kier molecular flexibility index (Phi) is 6.79. The van der Waals surface area contributed by atoms with Crippen LogP contribution in [0.5, 0.6) is 0 Å². The Morgan fingerprint density at radius 2 is 1.91 bits per heavy atom. The molecule has 33 heavy (non-hydrogen) atoms. The van der Waals surface area contributed by atoms with Gasteiger partial charge in [-0.1, -0.05) is 19.9 Å². The first-order chi connectivity index (χ1) is 15.7. The van der Waals surface area contributed by atoms with Gasteiger partial charge in [0.2, 0.25) is 11.8 Å². The first-order valence-electron chi connectivity index (χ1n) is 12.0. The van der Waals surface area contributed by atoms with Gasteiger partial charge in [0.1, 0.15) is 11.6 Å². The van der Waals surface area contributed by atoms with E-state index < -0.39 is 5.54 Å². The quantitative estimate of drug-likeness (QED) is 0.642. The lowest BCUT2D eigenvalue weighted by Crippen LogP contribution is -2.58. The number of piperidine rings is 1. The van der Waals surface area contributed by atoms with E-state index in [2.05, 4.69) is 19.2 Å². The molecule has 8 nitrogen and oxygen atoms in total. The van der Waals surface area contributed by atoms with E-state index in [1.54, 1.807) is 4.90 Å². The van der Waals surface area contributed by atoms with Gasteiger partial charge >= 0.3 is 6.03 Å². The smallest absolute Gasteiger partial charge is 0.325 e. The van der Waals surface area contributed by atoms with Crippen LogP contribution in [-0.2, 0) is 20.9 Å². The monoisotopic (exact) mass is 474 g/mol. The lowest BCUT2D eigenvalue weighted by molar-refractivity contribution is -0.144. The predicted molar refractivity (Wildman–Crippen MR) is 125 cm³/mol. The van der Waals surface area contributed by atoms with Gasteiger partial charge in [-0.2, -0.15) is 0 Å². The normalized spacial score (nSPS) is 26.4. The summed E-state index contributed by atoms with van der Waals surface area (Å²) >= 11 is 1.54. The van der Waals surface area contributed by atoms with Crippen LogP contribution in [0.1, 0.15) is 57.8 Å². The van der Waals surface area contributed by atoms with Gasteiger partial charge < -0.3 is 15.1 Å². The van der Waals surface area contributed by atoms with Crippen LogP contribution in [0.4, 0.5) is 4.79 Å². The largest absolute Gasteiger partial charge is 0.341 e. The third-order valence-electron chi connectivity index (χ3n) is 7.27. The number of thiophene rings is 1. The van der Waals surface area contributed by atoms with E-state index in [0.717, 1.165) is 11.3 Å². The second-order valence-corrected chi connectivity index (χ2v) is 11.0. The van der Waals surface area contributed by atoms with E-state index in [-0.39, 0.29) is 41.6 Å². The third-order valence-corrected chi connectivity index (χ3v) is 8.13. The zero-order valence-electron chi connectivity index (χ0n) is 19.7. The van der Waals surface area contributed by atoms with Crippen molar-refractivity contribution < 1.29 is 19.2 Å². The molecule has 1 unspecified atom stereocenters. The Bertz CT molecular complexity index is 910. The summed E-state index contributed by atoms with van der Waals surface area (Å²) in [5.74, 6) is 0.0271. The molecule has 4 heterocycles. The molecule has 2 atom stereocenters. The molecule has 1 aromatic heterocycles. The van der Waals surface area contributed by atoms with E-state index in [1.165, 1.54) is 23.2 Å². The summed E-state index contributed by atoms with van der Waals surface area (Å²) in [6.45, 7) is 7.67. The van der Waals surface area contributed by atoms with Gasteiger partial charge in [0.25, 0.3) is 5.91 Å². The summed E-state index contributed by atoms with van der Waals surface area (Å²) < 4.78 is 0. The summed E-state index contributed by atoms with van der Waals surface area (Å²) in [6, 6.07) is 3.17. The predicted octanol–water partition coefficient (Wildman–Crippen LogP) is 2.83. The number of hydrogen-bond acceptors (Lipinski definition) is 5. The van der Waals surface area contributed by atoms with E-state index in [1.807, 2.05) is 22.4 Å². The standard InChI is InChI=1S/C24H34N4O4S/c1-16(2)14-24(22(31)28(23(32)25-24)15-19-6-5-13-33-19)18-8-11-26(12-9-18)21(30)20-7-4-10-27(20)17(3)29/h5-6,13,16,18,20H,4,7-12,14-15H2,1-3H3,(H,25,32)/t20-,24?/m0/s1. The second-order valence-electron chi connectivity index (χ2n) is 9.94. The maximum absolute atomic E-state index is 13.7. The summed E-state index contributed by atoms with van der Waals surface area (Å²) in [5, 5.41) is 5.03. The molecule has 0 aromatic carbocycles. The third kappa shape index (κ3) is 4.52. The summed E-state index contributed by atoms with van der Waals surface area (Å²) in [7, 11) is 0. The van der Waals surface area contributed by atoms with Crippen LogP contribution < -0.4 is 5.32 Å². The molecule has 0 aliphatic carbocycles. The van der Waals surface area contributed by atoms with Crippen molar-refractivity contribution in [2.45, 2.75) is 71.0 Å². The Morgan fingerprint density at radius 1 is 1.18 bits per heavy atom. The Balaban J connectivity index is 1.47. The molecule has 5 amide bonds. The van der Waals surface area contributed by atoms with E-state index in [0.29, 0.717) is 51.9 Å². The Hall–Kier alpha value is -2.42. The van der Waals surface area contributed by atoms with Crippen molar-refractivity contribution in [1.29, 1.82) is 0 Å². The summed E-state index contributed by atoms with van der Waals surface area (Å²) in [4.78, 5) is 57.4. The van der Waals surface area contributed by atoms with Crippen LogP contribution in [-0.4, -0.2) is 69.7 Å². The van der Waals surface area contributed by atoms with Gasteiger partial charge in [-0.3, -0.25) is 19.3 Å². The van der Waals surface area contributed by atoms with Crippen LogP contribution >= 0.6 is 11.3 Å². The molecule has 4 rings (SSSR count). The van der Waals surface area contributed by atoms with Gasteiger partial charge in [-0.15, -0.1) is 11.3 Å². The Morgan fingerprint density at radius 3 is 2.52 bits per heavy atom. The molecule has 1 aromatic rings. The number of rotatable bonds is 6. The first-order valence-corrected chi connectivity index (χ1v) is 12.8. The number of carbonyl (C=O) groups is 4. The van der Waals surface area contributed by atoms with Gasteiger partial charge in [0, 0.05) is 31.4 Å². The van der Waals surface area contributed by atoms with Gasteiger partial charge in [-0.25, -0.2) is 4.79 Å². The number of nitrogens with one attached hydrogen (secondary N) is 1. The lowest BCUT2D eigenvalue weighted by atomic mass is 9.73. The highest BCUT2D eigenvalue weighted by Gasteiger charge is 2.56. The highest BCUT2D eigenvalue weighted by Crippen LogP contribution is 2.39. The lowest BCUT2D eigenvalue weighted by Gasteiger charge is -2.42. The minimum absolute atomic E-state index is 0.0140. The number of carbonyl (C=O) groups excluding carboxylic acids is 4. The van der Waals surface area contributed by atoms with Crippen LogP contribution in [0, 0.1) is 11.8 Å². The molecule has 0 radical (unpaired) electrons. The van der Waals surface area contributed by atoms with E-state index >= 15 is 0 Å². The molecular formula is C24H34N4O4S. The number of likely N-dealkylation sites (tertiary alicyclic amines) is 2. The Labute approximate surface area is 199 Å². The highest BCUT2D eigenvalue weighted by atomic mass is 32.1. The molecule has 3 aliphatic rings. The zero-order chi connectivity index (χ0) is 23.8. The molecule has 3 aliphatic heterocycles. The van der Waals surface area contributed by atoms with Gasteiger partial charge in [0.15, 0.2) is 0 Å². The van der Waals surface area contributed by atoms with Crippen molar-refractivity contribution in [2.24, 2.45) is 11.8 Å². The number of amides is 5. The molecule has 0 spiro atoms. The van der Waals surface area contributed by atoms with Crippen molar-refractivity contribution in [3.05, 3.63) is 22.4 Å². The number of imide groups is 1. The average Bonchev–Trinajstić information content (AvgIpc) is 3.51. The fourth-order valence-electron chi connectivity index (χ4n) is 5.78. The van der Waals surface area contributed by atoms with Crippen molar-refractivity contribution in [2.75, 3.05) is 19.6 Å². The topological polar surface area (TPSA) is 90.0 Å². The molecule has 0 bridgehead atoms. The minimum Gasteiger partial charge on any atom is -0.341 e. The van der Waals surface area contributed by atoms with Gasteiger partial charge in [0.05, 0.1) is 6.54 Å². The molecular weight excluding hydrogens is 440 g/mol. The minimum atomic E-state index is -0.920. The van der Waals surface area contributed by atoms with Crippen LogP contribution in [0.3, 0.4) is 0 Å². The fraction of sp³-hybridized carbons (Fsp3) is 0.667. The molecule has 0 saturated carbocycles. The maximum atomic E-state index is 13.7. The molecule has 3 fully saturated rings. The zero-order valence-corrected chi connectivity index (χ0v) is 20.5. The van der Waals surface area contributed by atoms with Crippen molar-refractivity contribution in [3.8, 4) is 0 Å². The van der Waals surface area contributed by atoms with Crippen LogP contribution in [0.25, 0.3) is 0 Å². The first kappa shape index (κ1) is 23.7. The highest BCUT2D eigenvalue weighted by molar-refractivity contribution is 7.09. The molecule has 1 N–H and O–H groups in total. The van der Waals surface area contributed by atoms with E-state index in [4.69, 9.17) is 0 Å². The average molecular weight is 475 g/mol. The fourth-order valence-corrected chi connectivity index (χ4v) is 6.47. The second kappa shape index (κ2) is 9.44. The number of hydrogen-bond donors (Lipinski definition) is 1. The van der Waals surface area contributed by atoms with E-state index in [9.17, 15) is 19.2 Å². The summed E-state index contributed by atoms with van der Waals surface area (Å²) in [5.41, 5.74) is -0.920. The molecule has 3 saturated heterocycles. The van der Waals surface area contributed by atoms with Crippen LogP contribution in [0.2, 0.25) is 0 Å². The SMILES string of the molecule is CC(=O)N1CCC[C@H]1C(=O)N1CCC(C2(CC(C)C)NC(=O)N(Cc3cccs3)C2=O)CC1. The van der Waals surface area contributed by atoms with Gasteiger partial charge in [-0.05, 0) is 55.4 Å². The summed E-state index contributed by atoms with van der Waals surface area (Å²) in [6.07, 6.45) is 3.46. The number of nitrogens with zero attached hydrogens (tertiary/aromatic N) is 3. The van der Waals surface area contributed by atoms with Crippen molar-refractivity contribution >= 4 is 35.1 Å². The molecule has 9 heteroatoms. The van der Waals surface area contributed by atoms with Crippen LogP contribution in [0.15, 0.2) is 17.5 Å². The van der Waals surface area contributed by atoms with Crippen molar-refractivity contribution in [1.82, 2.24) is 20.0 Å². The number of urea groups is 1. The molecule has 180 valence electrons. The maximum Gasteiger partial charge on any atom is 0.325 e.